The Balaban J connectivity index is 0.000000141. The van der Waals surface area contributed by atoms with Crippen LogP contribution in [0.3, 0.4) is 0 Å². The Morgan fingerprint density at radius 2 is 0.833 bits per heavy atom. The van der Waals surface area contributed by atoms with Crippen LogP contribution in [0.2, 0.25) is 0 Å². The van der Waals surface area contributed by atoms with E-state index in [9.17, 15) is 8.78 Å². The molecule has 120 valence electrons. The lowest BCUT2D eigenvalue weighted by Gasteiger charge is -2.00. The van der Waals surface area contributed by atoms with Gasteiger partial charge in [0.05, 0.1) is 0 Å². The zero-order chi connectivity index (χ0) is 17.1. The SMILES string of the molecule is Fc1cccc2cccc(Br)c12.Fc1cccc2cccc(Br)c12. The van der Waals surface area contributed by atoms with Gasteiger partial charge < -0.3 is 0 Å². The predicted octanol–water partition coefficient (Wildman–Crippen LogP) is 7.48. The van der Waals surface area contributed by atoms with E-state index >= 15 is 0 Å². The van der Waals surface area contributed by atoms with Crippen LogP contribution in [0, 0.1) is 11.6 Å². The minimum atomic E-state index is -0.181. The van der Waals surface area contributed by atoms with Crippen LogP contribution in [-0.4, -0.2) is 0 Å². The van der Waals surface area contributed by atoms with Crippen molar-refractivity contribution in [2.45, 2.75) is 0 Å². The Morgan fingerprint density at radius 3 is 1.17 bits per heavy atom. The molecule has 4 heteroatoms. The van der Waals surface area contributed by atoms with Gasteiger partial charge in [-0.1, -0.05) is 80.4 Å². The van der Waals surface area contributed by atoms with Gasteiger partial charge in [0.25, 0.3) is 0 Å². The van der Waals surface area contributed by atoms with Gasteiger partial charge in [0.1, 0.15) is 11.6 Å². The Bertz CT molecular complexity index is 856. The highest BCUT2D eigenvalue weighted by atomic mass is 79.9. The molecule has 0 bridgehead atoms. The zero-order valence-corrected chi connectivity index (χ0v) is 15.6. The van der Waals surface area contributed by atoms with Crippen molar-refractivity contribution in [3.63, 3.8) is 0 Å². The van der Waals surface area contributed by atoms with Crippen molar-refractivity contribution < 1.29 is 8.78 Å². The summed E-state index contributed by atoms with van der Waals surface area (Å²) in [6, 6.07) is 21.4. The van der Waals surface area contributed by atoms with Gasteiger partial charge >= 0.3 is 0 Å². The molecule has 0 spiro atoms. The third-order valence-corrected chi connectivity index (χ3v) is 4.93. The van der Waals surface area contributed by atoms with Gasteiger partial charge in [-0.2, -0.15) is 0 Å². The molecule has 0 aromatic heterocycles. The Morgan fingerprint density at radius 1 is 0.500 bits per heavy atom. The molecule has 0 aliphatic rings. The van der Waals surface area contributed by atoms with E-state index in [1.54, 1.807) is 12.1 Å². The molecule has 0 saturated carbocycles. The fourth-order valence-electron chi connectivity index (χ4n) is 2.50. The van der Waals surface area contributed by atoms with E-state index in [1.165, 1.54) is 12.1 Å². The number of benzene rings is 4. The molecule has 0 atom stereocenters. The van der Waals surface area contributed by atoms with Gasteiger partial charge in [0.2, 0.25) is 0 Å². The molecule has 4 aromatic carbocycles. The molecule has 4 rings (SSSR count). The van der Waals surface area contributed by atoms with E-state index in [0.717, 1.165) is 19.7 Å². The molecular formula is C20H12Br2F2. The fourth-order valence-corrected chi connectivity index (χ4v) is 3.64. The second kappa shape index (κ2) is 7.41. The lowest BCUT2D eigenvalue weighted by Crippen LogP contribution is -1.79. The summed E-state index contributed by atoms with van der Waals surface area (Å²) in [5.41, 5.74) is 0. The summed E-state index contributed by atoms with van der Waals surface area (Å²) in [6.07, 6.45) is 0. The highest BCUT2D eigenvalue weighted by molar-refractivity contribution is 9.11. The van der Waals surface area contributed by atoms with Crippen molar-refractivity contribution in [3.05, 3.63) is 93.4 Å². The first kappa shape index (κ1) is 17.1. The van der Waals surface area contributed by atoms with E-state index in [2.05, 4.69) is 31.9 Å². The molecule has 0 aliphatic carbocycles. The molecule has 0 heterocycles. The first-order valence-corrected chi connectivity index (χ1v) is 8.82. The first-order chi connectivity index (χ1) is 11.6. The smallest absolute Gasteiger partial charge is 0.132 e. The summed E-state index contributed by atoms with van der Waals surface area (Å²) in [5, 5.41) is 3.15. The molecule has 24 heavy (non-hydrogen) atoms. The zero-order valence-electron chi connectivity index (χ0n) is 12.4. The second-order valence-corrected chi connectivity index (χ2v) is 6.86. The fraction of sp³-hybridized carbons (Fsp3) is 0. The van der Waals surface area contributed by atoms with E-state index in [4.69, 9.17) is 0 Å². The maximum absolute atomic E-state index is 13.2. The minimum Gasteiger partial charge on any atom is -0.206 e. The van der Waals surface area contributed by atoms with Gasteiger partial charge in [-0.05, 0) is 35.0 Å². The summed E-state index contributed by atoms with van der Waals surface area (Å²) in [7, 11) is 0. The van der Waals surface area contributed by atoms with Crippen LogP contribution in [0.25, 0.3) is 21.5 Å². The predicted molar refractivity (Wildman–Crippen MR) is 103 cm³/mol. The van der Waals surface area contributed by atoms with Crippen LogP contribution >= 0.6 is 31.9 Å². The van der Waals surface area contributed by atoms with Crippen LogP contribution < -0.4 is 0 Å². The summed E-state index contributed by atoms with van der Waals surface area (Å²) in [5.74, 6) is -0.361. The largest absolute Gasteiger partial charge is 0.206 e. The van der Waals surface area contributed by atoms with Gasteiger partial charge in [0, 0.05) is 19.7 Å². The van der Waals surface area contributed by atoms with E-state index in [1.807, 2.05) is 48.5 Å². The molecule has 0 nitrogen and oxygen atoms in total. The maximum Gasteiger partial charge on any atom is 0.132 e. The minimum absolute atomic E-state index is 0.181. The molecule has 0 unspecified atom stereocenters. The lowest BCUT2D eigenvalue weighted by molar-refractivity contribution is 0.639. The number of hydrogen-bond acceptors (Lipinski definition) is 0. The van der Waals surface area contributed by atoms with Gasteiger partial charge in [-0.3, -0.25) is 0 Å². The topological polar surface area (TPSA) is 0 Å². The Labute approximate surface area is 155 Å². The average molecular weight is 450 g/mol. The maximum atomic E-state index is 13.2. The number of rotatable bonds is 0. The molecule has 0 N–H and O–H groups in total. The molecule has 0 radical (unpaired) electrons. The highest BCUT2D eigenvalue weighted by Crippen LogP contribution is 2.26. The molecule has 0 aliphatic heterocycles. The monoisotopic (exact) mass is 448 g/mol. The van der Waals surface area contributed by atoms with Gasteiger partial charge in [-0.15, -0.1) is 0 Å². The van der Waals surface area contributed by atoms with Crippen molar-refractivity contribution in [2.24, 2.45) is 0 Å². The number of halogens is 4. The molecular weight excluding hydrogens is 438 g/mol. The van der Waals surface area contributed by atoms with Crippen molar-refractivity contribution in [1.82, 2.24) is 0 Å². The summed E-state index contributed by atoms with van der Waals surface area (Å²) in [4.78, 5) is 0. The lowest BCUT2D eigenvalue weighted by atomic mass is 10.1. The average Bonchev–Trinajstić information content (AvgIpc) is 2.56. The summed E-state index contributed by atoms with van der Waals surface area (Å²) >= 11 is 6.62. The van der Waals surface area contributed by atoms with Crippen molar-refractivity contribution in [1.29, 1.82) is 0 Å². The van der Waals surface area contributed by atoms with Gasteiger partial charge in [0.15, 0.2) is 0 Å². The van der Waals surface area contributed by atoms with Crippen LogP contribution in [-0.2, 0) is 0 Å². The normalized spacial score (nSPS) is 10.5. The third kappa shape index (κ3) is 3.50. The first-order valence-electron chi connectivity index (χ1n) is 7.23. The number of fused-ring (bicyclic) bond motifs is 2. The van der Waals surface area contributed by atoms with Crippen LogP contribution in [0.5, 0.6) is 0 Å². The van der Waals surface area contributed by atoms with Crippen LogP contribution in [0.15, 0.2) is 81.7 Å². The standard InChI is InChI=1S/2C10H6BrF/c2*11-8-5-1-3-7-4-2-6-9(12)10(7)8/h2*1-6H. The van der Waals surface area contributed by atoms with E-state index < -0.39 is 0 Å². The molecule has 0 saturated heterocycles. The summed E-state index contributed by atoms with van der Waals surface area (Å²) < 4.78 is 28.0. The Kier molecular flexibility index (Phi) is 5.27. The quantitative estimate of drug-likeness (QED) is 0.261. The number of hydrogen-bond donors (Lipinski definition) is 0. The summed E-state index contributed by atoms with van der Waals surface area (Å²) in [6.45, 7) is 0. The van der Waals surface area contributed by atoms with Gasteiger partial charge in [-0.25, -0.2) is 8.78 Å². The van der Waals surface area contributed by atoms with Crippen molar-refractivity contribution in [2.75, 3.05) is 0 Å². The molecule has 4 aromatic rings. The van der Waals surface area contributed by atoms with Crippen molar-refractivity contribution in [3.8, 4) is 0 Å². The van der Waals surface area contributed by atoms with Crippen molar-refractivity contribution >= 4 is 53.4 Å². The van der Waals surface area contributed by atoms with Crippen LogP contribution in [0.4, 0.5) is 8.78 Å². The second-order valence-electron chi connectivity index (χ2n) is 5.16. The molecule has 0 fully saturated rings. The van der Waals surface area contributed by atoms with E-state index in [-0.39, 0.29) is 11.6 Å². The molecule has 0 amide bonds. The third-order valence-electron chi connectivity index (χ3n) is 3.61. The highest BCUT2D eigenvalue weighted by Gasteiger charge is 2.03. The Hall–Kier alpha value is -1.78. The van der Waals surface area contributed by atoms with E-state index in [0.29, 0.717) is 10.8 Å². The van der Waals surface area contributed by atoms with Crippen LogP contribution in [0.1, 0.15) is 0 Å².